The minimum atomic E-state index is -0.847. The fraction of sp³-hybridized carbons (Fsp3) is 0.719. The first kappa shape index (κ1) is 34.6. The standard InChI is InChI=1S/C32H51N3O8/c1-22(21-41-31(39)35-14-13-27(37)20-35)7-6-8-24(3)30-25(4)10-12-28(23(2)9-11-26(36)19-29(38)43-30)42-32(40)34-17-15-33(5)16-18-34/h6-8,10,12,22-23,25-28,30,36-37H,9,11,13-21H2,1-5H3/b7-6+,12-10+,24-8+/t22-,23-,25+,26+,27-,28+,30-/m1/s1. The second-order valence-corrected chi connectivity index (χ2v) is 12.4. The third kappa shape index (κ3) is 11.3. The van der Waals surface area contributed by atoms with Gasteiger partial charge in [0.25, 0.3) is 0 Å². The molecule has 0 aromatic carbocycles. The van der Waals surface area contributed by atoms with Crippen LogP contribution >= 0.6 is 0 Å². The Morgan fingerprint density at radius 1 is 1.02 bits per heavy atom. The number of nitrogens with zero attached hydrogens (tertiary/aromatic N) is 3. The number of cyclic esters (lactones) is 1. The van der Waals surface area contributed by atoms with E-state index < -0.39 is 36.5 Å². The Morgan fingerprint density at radius 2 is 1.74 bits per heavy atom. The molecular formula is C32H51N3O8. The number of esters is 1. The van der Waals surface area contributed by atoms with E-state index in [1.165, 1.54) is 4.90 Å². The summed E-state index contributed by atoms with van der Waals surface area (Å²) in [5.41, 5.74) is 0.808. The fourth-order valence-electron chi connectivity index (χ4n) is 5.38. The van der Waals surface area contributed by atoms with Crippen molar-refractivity contribution in [3.8, 4) is 0 Å². The lowest BCUT2D eigenvalue weighted by molar-refractivity contribution is -0.151. The molecule has 3 aliphatic heterocycles. The Labute approximate surface area is 256 Å². The number of piperazine rings is 1. The SMILES string of the molecule is C/C(=C\C=C\[C@@H](C)COC(=O)N1CC[C@@H](O)C1)[C@H]1OC(=O)C[C@@H](O)CC[C@@H](C)[C@@H](OC(=O)N2CCN(C)CC2)/C=C/[C@@H]1C. The lowest BCUT2D eigenvalue weighted by Crippen LogP contribution is -2.48. The monoisotopic (exact) mass is 605 g/mol. The van der Waals surface area contributed by atoms with Crippen molar-refractivity contribution in [2.24, 2.45) is 17.8 Å². The van der Waals surface area contributed by atoms with Gasteiger partial charge in [-0.25, -0.2) is 9.59 Å². The number of carbonyl (C=O) groups is 3. The summed E-state index contributed by atoms with van der Waals surface area (Å²) in [5.74, 6) is -0.789. The molecule has 43 heavy (non-hydrogen) atoms. The predicted molar refractivity (Wildman–Crippen MR) is 162 cm³/mol. The molecule has 242 valence electrons. The van der Waals surface area contributed by atoms with E-state index in [0.717, 1.165) is 18.7 Å². The zero-order valence-electron chi connectivity index (χ0n) is 26.4. The van der Waals surface area contributed by atoms with Crippen molar-refractivity contribution >= 4 is 18.2 Å². The minimum absolute atomic E-state index is 0.0471. The average Bonchev–Trinajstić information content (AvgIpc) is 3.41. The van der Waals surface area contributed by atoms with Crippen LogP contribution in [0.5, 0.6) is 0 Å². The molecule has 3 aliphatic rings. The second-order valence-electron chi connectivity index (χ2n) is 12.4. The van der Waals surface area contributed by atoms with Crippen LogP contribution in [0.25, 0.3) is 0 Å². The van der Waals surface area contributed by atoms with Gasteiger partial charge >= 0.3 is 18.2 Å². The Hall–Kier alpha value is -2.89. The maximum atomic E-state index is 13.0. The fourth-order valence-corrected chi connectivity index (χ4v) is 5.38. The Morgan fingerprint density at radius 3 is 2.42 bits per heavy atom. The highest BCUT2D eigenvalue weighted by Crippen LogP contribution is 2.25. The number of rotatable bonds is 6. The van der Waals surface area contributed by atoms with Crippen LogP contribution in [-0.4, -0.2) is 120 Å². The van der Waals surface area contributed by atoms with Crippen LogP contribution in [0.15, 0.2) is 36.0 Å². The molecule has 3 heterocycles. The topological polar surface area (TPSA) is 129 Å². The molecule has 7 atom stereocenters. The highest BCUT2D eigenvalue weighted by molar-refractivity contribution is 5.70. The molecule has 0 radical (unpaired) electrons. The summed E-state index contributed by atoms with van der Waals surface area (Å²) in [4.78, 5) is 43.3. The first-order valence-corrected chi connectivity index (χ1v) is 15.6. The van der Waals surface area contributed by atoms with Crippen molar-refractivity contribution < 1.29 is 38.8 Å². The Bertz CT molecular complexity index is 1020. The molecule has 0 aliphatic carbocycles. The van der Waals surface area contributed by atoms with E-state index in [-0.39, 0.29) is 36.9 Å². The van der Waals surface area contributed by atoms with Gasteiger partial charge in [0.2, 0.25) is 0 Å². The maximum Gasteiger partial charge on any atom is 0.410 e. The molecule has 2 fully saturated rings. The molecule has 0 bridgehead atoms. The number of hydrogen-bond acceptors (Lipinski definition) is 9. The number of likely N-dealkylation sites (tertiary alicyclic amines) is 1. The van der Waals surface area contributed by atoms with Gasteiger partial charge in [0.15, 0.2) is 0 Å². The number of hydrogen-bond donors (Lipinski definition) is 2. The molecule has 0 spiro atoms. The molecule has 0 saturated carbocycles. The lowest BCUT2D eigenvalue weighted by atomic mass is 9.92. The molecule has 2 saturated heterocycles. The van der Waals surface area contributed by atoms with Crippen molar-refractivity contribution in [1.29, 1.82) is 0 Å². The highest BCUT2D eigenvalue weighted by Gasteiger charge is 2.29. The summed E-state index contributed by atoms with van der Waals surface area (Å²) < 4.78 is 17.2. The van der Waals surface area contributed by atoms with Crippen LogP contribution in [0.4, 0.5) is 9.59 Å². The summed E-state index contributed by atoms with van der Waals surface area (Å²) in [6.07, 6.45) is 7.74. The number of β-amino-alcohol motifs (C(OH)–C–C–N with tert-alkyl or cyclic N) is 1. The van der Waals surface area contributed by atoms with Gasteiger partial charge in [0.1, 0.15) is 12.2 Å². The summed E-state index contributed by atoms with van der Waals surface area (Å²) in [6, 6.07) is 0. The van der Waals surface area contributed by atoms with Gasteiger partial charge in [-0.05, 0) is 50.8 Å². The highest BCUT2D eigenvalue weighted by atomic mass is 16.6. The van der Waals surface area contributed by atoms with E-state index in [0.29, 0.717) is 45.4 Å². The van der Waals surface area contributed by atoms with E-state index >= 15 is 0 Å². The van der Waals surface area contributed by atoms with Crippen molar-refractivity contribution in [2.45, 2.75) is 77.8 Å². The number of aliphatic hydroxyl groups excluding tert-OH is 2. The number of aliphatic hydroxyl groups is 2. The number of ether oxygens (including phenoxy) is 3. The van der Waals surface area contributed by atoms with E-state index in [2.05, 4.69) is 4.90 Å². The van der Waals surface area contributed by atoms with Crippen LogP contribution in [0, 0.1) is 17.8 Å². The van der Waals surface area contributed by atoms with E-state index in [4.69, 9.17) is 14.2 Å². The van der Waals surface area contributed by atoms with Crippen LogP contribution in [0.1, 0.15) is 53.4 Å². The molecular weight excluding hydrogens is 554 g/mol. The lowest BCUT2D eigenvalue weighted by Gasteiger charge is -2.33. The Balaban J connectivity index is 1.66. The third-order valence-corrected chi connectivity index (χ3v) is 8.40. The average molecular weight is 606 g/mol. The van der Waals surface area contributed by atoms with E-state index in [1.54, 1.807) is 4.90 Å². The molecule has 11 heteroatoms. The van der Waals surface area contributed by atoms with Gasteiger partial charge in [0, 0.05) is 51.1 Å². The summed E-state index contributed by atoms with van der Waals surface area (Å²) in [5, 5.41) is 20.1. The van der Waals surface area contributed by atoms with Gasteiger partial charge in [-0.15, -0.1) is 0 Å². The minimum Gasteiger partial charge on any atom is -0.457 e. The molecule has 3 rings (SSSR count). The van der Waals surface area contributed by atoms with E-state index in [9.17, 15) is 24.6 Å². The van der Waals surface area contributed by atoms with Gasteiger partial charge in [-0.1, -0.05) is 45.1 Å². The van der Waals surface area contributed by atoms with Crippen LogP contribution in [0.3, 0.4) is 0 Å². The molecule has 0 unspecified atom stereocenters. The summed E-state index contributed by atoms with van der Waals surface area (Å²) >= 11 is 0. The number of likely N-dealkylation sites (N-methyl/N-ethyl adjacent to an activating group) is 1. The first-order valence-electron chi connectivity index (χ1n) is 15.6. The summed E-state index contributed by atoms with van der Waals surface area (Å²) in [7, 11) is 2.03. The van der Waals surface area contributed by atoms with Gasteiger partial charge in [-0.3, -0.25) is 4.79 Å². The Kier molecular flexibility index (Phi) is 13.5. The number of carbonyl (C=O) groups excluding carboxylic acids is 3. The smallest absolute Gasteiger partial charge is 0.410 e. The number of amides is 2. The number of allylic oxidation sites excluding steroid dienone is 2. The van der Waals surface area contributed by atoms with E-state index in [1.807, 2.05) is 65.1 Å². The summed E-state index contributed by atoms with van der Waals surface area (Å²) in [6.45, 7) is 11.6. The molecule has 2 N–H and O–H groups in total. The maximum absolute atomic E-state index is 13.0. The van der Waals surface area contributed by atoms with Crippen LogP contribution in [-0.2, 0) is 19.0 Å². The zero-order valence-corrected chi connectivity index (χ0v) is 26.4. The zero-order chi connectivity index (χ0) is 31.5. The van der Waals surface area contributed by atoms with Crippen molar-refractivity contribution in [1.82, 2.24) is 14.7 Å². The van der Waals surface area contributed by atoms with Crippen molar-refractivity contribution in [3.05, 3.63) is 36.0 Å². The van der Waals surface area contributed by atoms with Gasteiger partial charge in [-0.2, -0.15) is 0 Å². The second kappa shape index (κ2) is 16.8. The molecule has 2 amide bonds. The van der Waals surface area contributed by atoms with Crippen molar-refractivity contribution in [2.75, 3.05) is 52.9 Å². The van der Waals surface area contributed by atoms with Gasteiger partial charge in [0.05, 0.1) is 25.2 Å². The predicted octanol–water partition coefficient (Wildman–Crippen LogP) is 3.37. The quantitative estimate of drug-likeness (QED) is 0.203. The third-order valence-electron chi connectivity index (χ3n) is 8.40. The molecule has 11 nitrogen and oxygen atoms in total. The van der Waals surface area contributed by atoms with Crippen LogP contribution < -0.4 is 0 Å². The van der Waals surface area contributed by atoms with Crippen molar-refractivity contribution in [3.63, 3.8) is 0 Å². The molecule has 0 aromatic rings. The van der Waals surface area contributed by atoms with Gasteiger partial charge < -0.3 is 39.1 Å². The largest absolute Gasteiger partial charge is 0.457 e. The van der Waals surface area contributed by atoms with Crippen LogP contribution in [0.2, 0.25) is 0 Å². The first-order chi connectivity index (χ1) is 20.4. The normalized spacial score (nSPS) is 31.6. The molecule has 0 aromatic heterocycles.